The summed E-state index contributed by atoms with van der Waals surface area (Å²) in [5.41, 5.74) is 2.96. The van der Waals surface area contributed by atoms with Crippen LogP contribution in [-0.2, 0) is 21.2 Å². The Bertz CT molecular complexity index is 1100. The van der Waals surface area contributed by atoms with Gasteiger partial charge in [-0.2, -0.15) is 0 Å². The third kappa shape index (κ3) is 5.57. The molecule has 0 saturated heterocycles. The number of fused-ring (bicyclic) bond motifs is 1. The molecule has 5 nitrogen and oxygen atoms in total. The van der Waals surface area contributed by atoms with Crippen molar-refractivity contribution in [1.82, 2.24) is 5.32 Å². The van der Waals surface area contributed by atoms with Gasteiger partial charge in [-0.3, -0.25) is 9.10 Å². The Kier molecular flexibility index (Phi) is 6.54. The first kappa shape index (κ1) is 20.9. The van der Waals surface area contributed by atoms with Gasteiger partial charge in [-0.15, -0.1) is 0 Å². The van der Waals surface area contributed by atoms with Crippen molar-refractivity contribution in [3.05, 3.63) is 77.9 Å². The van der Waals surface area contributed by atoms with Gasteiger partial charge in [0.15, 0.2) is 0 Å². The Hall–Kier alpha value is -2.86. The van der Waals surface area contributed by atoms with E-state index in [2.05, 4.69) is 30.4 Å². The third-order valence-corrected chi connectivity index (χ3v) is 5.90. The summed E-state index contributed by atoms with van der Waals surface area (Å²) in [6, 6.07) is 21.3. The summed E-state index contributed by atoms with van der Waals surface area (Å²) >= 11 is 0. The number of aryl methyl sites for hydroxylation is 2. The maximum absolute atomic E-state index is 12.5. The number of nitrogens with zero attached hydrogens (tertiary/aromatic N) is 1. The van der Waals surface area contributed by atoms with E-state index in [-0.39, 0.29) is 12.5 Å². The second kappa shape index (κ2) is 9.09. The summed E-state index contributed by atoms with van der Waals surface area (Å²) in [5.74, 6) is -0.312. The molecule has 0 radical (unpaired) electrons. The van der Waals surface area contributed by atoms with Gasteiger partial charge in [0.1, 0.15) is 6.54 Å². The molecule has 0 heterocycles. The number of hydrogen-bond donors (Lipinski definition) is 1. The number of amides is 1. The number of anilines is 1. The Labute approximate surface area is 172 Å². The Morgan fingerprint density at radius 1 is 1.00 bits per heavy atom. The number of carbonyl (C=O) groups excluding carboxylic acids is 1. The topological polar surface area (TPSA) is 66.5 Å². The van der Waals surface area contributed by atoms with Gasteiger partial charge in [0.2, 0.25) is 15.9 Å². The molecule has 3 rings (SSSR count). The van der Waals surface area contributed by atoms with Crippen molar-refractivity contribution in [3.8, 4) is 0 Å². The van der Waals surface area contributed by atoms with E-state index in [9.17, 15) is 13.2 Å². The van der Waals surface area contributed by atoms with E-state index < -0.39 is 10.0 Å². The normalized spacial score (nSPS) is 11.4. The standard InChI is InChI=1S/C23H26N2O3S/c1-18-8-5-9-19(16-18)10-7-15-24-23(26)17-25(29(2,27)28)22-14-6-12-20-11-3-4-13-21(20)22/h3-6,8-9,11-14,16H,7,10,15,17H2,1-2H3,(H,24,26). The molecule has 0 saturated carbocycles. The largest absolute Gasteiger partial charge is 0.355 e. The summed E-state index contributed by atoms with van der Waals surface area (Å²) in [7, 11) is -3.61. The van der Waals surface area contributed by atoms with Crippen molar-refractivity contribution in [2.45, 2.75) is 19.8 Å². The molecule has 0 atom stereocenters. The van der Waals surface area contributed by atoms with Crippen LogP contribution in [-0.4, -0.2) is 33.7 Å². The molecule has 152 valence electrons. The summed E-state index contributed by atoms with van der Waals surface area (Å²) in [6.45, 7) is 2.32. The van der Waals surface area contributed by atoms with Crippen LogP contribution in [0.4, 0.5) is 5.69 Å². The zero-order chi connectivity index (χ0) is 20.9. The van der Waals surface area contributed by atoms with Crippen LogP contribution >= 0.6 is 0 Å². The average molecular weight is 411 g/mol. The fourth-order valence-electron chi connectivity index (χ4n) is 3.38. The second-order valence-corrected chi connectivity index (χ2v) is 9.12. The molecule has 1 N–H and O–H groups in total. The molecule has 0 aromatic heterocycles. The molecule has 0 aliphatic heterocycles. The van der Waals surface area contributed by atoms with Crippen molar-refractivity contribution in [1.29, 1.82) is 0 Å². The number of nitrogens with one attached hydrogen (secondary N) is 1. The van der Waals surface area contributed by atoms with Crippen LogP contribution in [0.2, 0.25) is 0 Å². The molecular formula is C23H26N2O3S. The van der Waals surface area contributed by atoms with Crippen LogP contribution in [0, 0.1) is 6.92 Å². The van der Waals surface area contributed by atoms with Gasteiger partial charge in [-0.1, -0.05) is 66.2 Å². The van der Waals surface area contributed by atoms with Crippen molar-refractivity contribution < 1.29 is 13.2 Å². The van der Waals surface area contributed by atoms with E-state index in [0.717, 1.165) is 29.9 Å². The van der Waals surface area contributed by atoms with Crippen molar-refractivity contribution >= 4 is 32.4 Å². The lowest BCUT2D eigenvalue weighted by molar-refractivity contribution is -0.119. The van der Waals surface area contributed by atoms with E-state index in [1.807, 2.05) is 36.4 Å². The van der Waals surface area contributed by atoms with Gasteiger partial charge in [-0.05, 0) is 36.8 Å². The monoisotopic (exact) mass is 410 g/mol. The van der Waals surface area contributed by atoms with Gasteiger partial charge in [0.25, 0.3) is 0 Å². The maximum atomic E-state index is 12.5. The fraction of sp³-hybridized carbons (Fsp3) is 0.261. The van der Waals surface area contributed by atoms with Crippen molar-refractivity contribution in [3.63, 3.8) is 0 Å². The highest BCUT2D eigenvalue weighted by atomic mass is 32.2. The maximum Gasteiger partial charge on any atom is 0.240 e. The minimum atomic E-state index is -3.61. The van der Waals surface area contributed by atoms with Crippen LogP contribution in [0.3, 0.4) is 0 Å². The number of sulfonamides is 1. The fourth-order valence-corrected chi connectivity index (χ4v) is 4.25. The summed E-state index contributed by atoms with van der Waals surface area (Å²) in [4.78, 5) is 12.5. The molecule has 0 spiro atoms. The Balaban J connectivity index is 1.65. The van der Waals surface area contributed by atoms with Crippen LogP contribution in [0.15, 0.2) is 66.7 Å². The lowest BCUT2D eigenvalue weighted by Crippen LogP contribution is -2.40. The minimum absolute atomic E-state index is 0.239. The predicted octanol–water partition coefficient (Wildman–Crippen LogP) is 3.66. The Morgan fingerprint density at radius 2 is 1.72 bits per heavy atom. The molecule has 0 fully saturated rings. The number of carbonyl (C=O) groups is 1. The number of rotatable bonds is 8. The van der Waals surface area contributed by atoms with E-state index in [0.29, 0.717) is 12.2 Å². The summed E-state index contributed by atoms with van der Waals surface area (Å²) in [6.07, 6.45) is 2.78. The molecule has 3 aromatic carbocycles. The lowest BCUT2D eigenvalue weighted by Gasteiger charge is -2.23. The molecule has 0 unspecified atom stereocenters. The smallest absolute Gasteiger partial charge is 0.240 e. The SMILES string of the molecule is Cc1cccc(CCCNC(=O)CN(c2cccc3ccccc23)S(C)(=O)=O)c1. The first-order chi connectivity index (χ1) is 13.8. The lowest BCUT2D eigenvalue weighted by atomic mass is 10.1. The van der Waals surface area contributed by atoms with Crippen LogP contribution < -0.4 is 9.62 Å². The van der Waals surface area contributed by atoms with Crippen molar-refractivity contribution in [2.24, 2.45) is 0 Å². The molecule has 6 heteroatoms. The molecular weight excluding hydrogens is 384 g/mol. The molecule has 0 aliphatic rings. The molecule has 0 bridgehead atoms. The molecule has 0 aliphatic carbocycles. The van der Waals surface area contributed by atoms with Crippen LogP contribution in [0.25, 0.3) is 10.8 Å². The first-order valence-electron chi connectivity index (χ1n) is 9.62. The molecule has 29 heavy (non-hydrogen) atoms. The highest BCUT2D eigenvalue weighted by molar-refractivity contribution is 7.92. The first-order valence-corrected chi connectivity index (χ1v) is 11.5. The summed E-state index contributed by atoms with van der Waals surface area (Å²) in [5, 5.41) is 4.57. The van der Waals surface area contributed by atoms with Gasteiger partial charge >= 0.3 is 0 Å². The predicted molar refractivity (Wildman–Crippen MR) is 119 cm³/mol. The molecule has 1 amide bonds. The highest BCUT2D eigenvalue weighted by Gasteiger charge is 2.22. The number of hydrogen-bond acceptors (Lipinski definition) is 3. The second-order valence-electron chi connectivity index (χ2n) is 7.21. The van der Waals surface area contributed by atoms with E-state index in [4.69, 9.17) is 0 Å². The quantitative estimate of drug-likeness (QED) is 0.576. The van der Waals surface area contributed by atoms with Gasteiger partial charge in [0, 0.05) is 11.9 Å². The van der Waals surface area contributed by atoms with E-state index in [1.54, 1.807) is 12.1 Å². The van der Waals surface area contributed by atoms with Gasteiger partial charge in [0.05, 0.1) is 11.9 Å². The zero-order valence-electron chi connectivity index (χ0n) is 16.8. The number of benzene rings is 3. The highest BCUT2D eigenvalue weighted by Crippen LogP contribution is 2.28. The minimum Gasteiger partial charge on any atom is -0.355 e. The third-order valence-electron chi connectivity index (χ3n) is 4.77. The van der Waals surface area contributed by atoms with E-state index in [1.165, 1.54) is 15.4 Å². The van der Waals surface area contributed by atoms with Gasteiger partial charge < -0.3 is 5.32 Å². The summed E-state index contributed by atoms with van der Waals surface area (Å²) < 4.78 is 26.0. The van der Waals surface area contributed by atoms with Gasteiger partial charge in [-0.25, -0.2) is 8.42 Å². The average Bonchev–Trinajstić information content (AvgIpc) is 2.68. The van der Waals surface area contributed by atoms with Crippen LogP contribution in [0.5, 0.6) is 0 Å². The van der Waals surface area contributed by atoms with Crippen molar-refractivity contribution in [2.75, 3.05) is 23.7 Å². The van der Waals surface area contributed by atoms with Crippen LogP contribution in [0.1, 0.15) is 17.5 Å². The zero-order valence-corrected chi connectivity index (χ0v) is 17.6. The molecule has 3 aromatic rings. The Morgan fingerprint density at radius 3 is 2.48 bits per heavy atom. The van der Waals surface area contributed by atoms with E-state index >= 15 is 0 Å².